The summed E-state index contributed by atoms with van der Waals surface area (Å²) in [5, 5.41) is 12.3. The summed E-state index contributed by atoms with van der Waals surface area (Å²) in [6.07, 6.45) is 3.93. The zero-order valence-corrected chi connectivity index (χ0v) is 9.12. The third kappa shape index (κ3) is 1.48. The first-order chi connectivity index (χ1) is 7.66. The van der Waals surface area contributed by atoms with Gasteiger partial charge in [-0.15, -0.1) is 0 Å². The van der Waals surface area contributed by atoms with Crippen LogP contribution in [-0.4, -0.2) is 16.1 Å². The second-order valence-corrected chi connectivity index (χ2v) is 3.99. The van der Waals surface area contributed by atoms with Gasteiger partial charge in [0.25, 0.3) is 5.56 Å². The van der Waals surface area contributed by atoms with Crippen molar-refractivity contribution in [2.45, 2.75) is 25.7 Å². The molecule has 1 heterocycles. The Hall–Kier alpha value is -1.78. The summed E-state index contributed by atoms with van der Waals surface area (Å²) in [6, 6.07) is 0. The number of nitrogens with one attached hydrogen (secondary N) is 1. The van der Waals surface area contributed by atoms with E-state index in [1.54, 1.807) is 0 Å². The van der Waals surface area contributed by atoms with E-state index in [1.807, 2.05) is 0 Å². The molecule has 16 heavy (non-hydrogen) atoms. The number of pyridine rings is 1. The van der Waals surface area contributed by atoms with E-state index in [4.69, 9.17) is 0 Å². The fraction of sp³-hybridized carbons (Fsp3) is 0.455. The lowest BCUT2D eigenvalue weighted by Gasteiger charge is -2.20. The highest BCUT2D eigenvalue weighted by Crippen LogP contribution is 2.31. The molecule has 0 saturated heterocycles. The van der Waals surface area contributed by atoms with Gasteiger partial charge in [-0.25, -0.2) is 0 Å². The highest BCUT2D eigenvalue weighted by molar-refractivity contribution is 5.77. The largest absolute Gasteiger partial charge is 0.493 e. The Bertz CT molecular complexity index is 491. The molecule has 0 bridgehead atoms. The van der Waals surface area contributed by atoms with Crippen LogP contribution < -0.4 is 10.9 Å². The molecule has 1 aliphatic rings. The second-order valence-electron chi connectivity index (χ2n) is 3.99. The molecule has 2 rings (SSSR count). The molecule has 0 fully saturated rings. The quantitative estimate of drug-likeness (QED) is 0.717. The van der Waals surface area contributed by atoms with Gasteiger partial charge < -0.3 is 10.4 Å². The van der Waals surface area contributed by atoms with Gasteiger partial charge in [-0.2, -0.15) is 0 Å². The molecule has 0 saturated carbocycles. The molecule has 1 aliphatic carbocycles. The highest BCUT2D eigenvalue weighted by atomic mass is 16.3. The van der Waals surface area contributed by atoms with E-state index < -0.39 is 0 Å². The van der Waals surface area contributed by atoms with Gasteiger partial charge in [-0.05, 0) is 31.2 Å². The van der Waals surface area contributed by atoms with E-state index in [0.29, 0.717) is 12.1 Å². The number of aromatic hydroxyl groups is 1. The van der Waals surface area contributed by atoms with Crippen molar-refractivity contribution in [2.75, 3.05) is 5.32 Å². The number of amides is 1. The Morgan fingerprint density at radius 3 is 2.56 bits per heavy atom. The molecule has 1 amide bonds. The minimum atomic E-state index is -0.169. The molecule has 5 heteroatoms. The van der Waals surface area contributed by atoms with Crippen LogP contribution in [0.3, 0.4) is 0 Å². The predicted octanol–water partition coefficient (Wildman–Crippen LogP) is 0.538. The minimum absolute atomic E-state index is 0.163. The van der Waals surface area contributed by atoms with E-state index in [1.165, 1.54) is 11.6 Å². The maximum Gasteiger partial charge on any atom is 0.256 e. The lowest BCUT2D eigenvalue weighted by atomic mass is 9.91. The van der Waals surface area contributed by atoms with Crippen LogP contribution >= 0.6 is 0 Å². The Labute approximate surface area is 92.7 Å². The molecule has 1 aromatic heterocycles. The average molecular weight is 222 g/mol. The summed E-state index contributed by atoms with van der Waals surface area (Å²) in [5.74, 6) is -0.169. The maximum absolute atomic E-state index is 11.9. The van der Waals surface area contributed by atoms with Crippen LogP contribution in [0.25, 0.3) is 0 Å². The van der Waals surface area contributed by atoms with E-state index in [2.05, 4.69) is 5.32 Å². The molecule has 2 N–H and O–H groups in total. The van der Waals surface area contributed by atoms with Gasteiger partial charge in [-0.3, -0.25) is 14.2 Å². The summed E-state index contributed by atoms with van der Waals surface area (Å²) in [6.45, 7) is 0. The molecule has 0 aromatic carbocycles. The van der Waals surface area contributed by atoms with Crippen LogP contribution in [-0.2, 0) is 24.7 Å². The van der Waals surface area contributed by atoms with E-state index in [9.17, 15) is 14.7 Å². The monoisotopic (exact) mass is 222 g/mol. The Morgan fingerprint density at radius 2 is 1.94 bits per heavy atom. The maximum atomic E-state index is 11.9. The van der Waals surface area contributed by atoms with Gasteiger partial charge in [0.15, 0.2) is 0 Å². The van der Waals surface area contributed by atoms with Crippen LogP contribution in [0, 0.1) is 0 Å². The van der Waals surface area contributed by atoms with Crippen molar-refractivity contribution >= 4 is 12.1 Å². The third-order valence-corrected chi connectivity index (χ3v) is 3.08. The standard InChI is InChI=1S/C11H14N2O3/c1-13-10(15)8-5-3-2-4-7(8)9(11(13)16)12-6-14/h6,16H,2-5H2,1H3,(H,12,14). The molecule has 0 atom stereocenters. The number of hydrogen-bond acceptors (Lipinski definition) is 3. The number of rotatable bonds is 2. The topological polar surface area (TPSA) is 71.3 Å². The zero-order valence-electron chi connectivity index (χ0n) is 9.12. The molecule has 0 aliphatic heterocycles. The van der Waals surface area contributed by atoms with Gasteiger partial charge in [0.05, 0.1) is 0 Å². The van der Waals surface area contributed by atoms with Crippen molar-refractivity contribution in [3.05, 3.63) is 21.5 Å². The number of carbonyl (C=O) groups is 1. The molecular formula is C11H14N2O3. The average Bonchev–Trinajstić information content (AvgIpc) is 2.32. The van der Waals surface area contributed by atoms with Crippen LogP contribution in [0.2, 0.25) is 0 Å². The molecular weight excluding hydrogens is 208 g/mol. The number of nitrogens with zero attached hydrogens (tertiary/aromatic N) is 1. The molecule has 0 spiro atoms. The lowest BCUT2D eigenvalue weighted by Crippen LogP contribution is -2.26. The van der Waals surface area contributed by atoms with Gasteiger partial charge in [-0.1, -0.05) is 0 Å². The zero-order chi connectivity index (χ0) is 11.7. The fourth-order valence-corrected chi connectivity index (χ4v) is 2.23. The summed E-state index contributed by atoms with van der Waals surface area (Å²) in [4.78, 5) is 22.4. The Morgan fingerprint density at radius 1 is 1.31 bits per heavy atom. The smallest absolute Gasteiger partial charge is 0.256 e. The van der Waals surface area contributed by atoms with Crippen LogP contribution in [0.4, 0.5) is 5.69 Å². The van der Waals surface area contributed by atoms with Gasteiger partial charge in [0, 0.05) is 12.6 Å². The SMILES string of the molecule is Cn1c(O)c(NC=O)c2c(c1=O)CCCC2. The van der Waals surface area contributed by atoms with Crippen molar-refractivity contribution < 1.29 is 9.90 Å². The Kier molecular flexibility index (Phi) is 2.68. The van der Waals surface area contributed by atoms with Gasteiger partial charge in [0.2, 0.25) is 12.3 Å². The number of fused-ring (bicyclic) bond motifs is 1. The summed E-state index contributed by atoms with van der Waals surface area (Å²) in [5.41, 5.74) is 1.73. The van der Waals surface area contributed by atoms with Crippen LogP contribution in [0.5, 0.6) is 5.88 Å². The normalized spacial score (nSPS) is 14.3. The summed E-state index contributed by atoms with van der Waals surface area (Å²) < 4.78 is 1.18. The Balaban J connectivity index is 2.72. The number of hydrogen-bond donors (Lipinski definition) is 2. The molecule has 1 aromatic rings. The first kappa shape index (κ1) is 10.7. The lowest BCUT2D eigenvalue weighted by molar-refractivity contribution is -0.105. The molecule has 0 unspecified atom stereocenters. The summed E-state index contributed by atoms with van der Waals surface area (Å²) >= 11 is 0. The number of aromatic nitrogens is 1. The summed E-state index contributed by atoms with van der Waals surface area (Å²) in [7, 11) is 1.50. The molecule has 5 nitrogen and oxygen atoms in total. The fourth-order valence-electron chi connectivity index (χ4n) is 2.23. The van der Waals surface area contributed by atoms with Crippen molar-refractivity contribution in [1.29, 1.82) is 0 Å². The van der Waals surface area contributed by atoms with Gasteiger partial charge in [0.1, 0.15) is 5.69 Å². The van der Waals surface area contributed by atoms with Crippen molar-refractivity contribution in [3.63, 3.8) is 0 Å². The second kappa shape index (κ2) is 4.00. The molecule has 86 valence electrons. The van der Waals surface area contributed by atoms with E-state index in [0.717, 1.165) is 36.8 Å². The van der Waals surface area contributed by atoms with Crippen molar-refractivity contribution in [3.8, 4) is 5.88 Å². The highest BCUT2D eigenvalue weighted by Gasteiger charge is 2.21. The first-order valence-electron chi connectivity index (χ1n) is 5.30. The minimum Gasteiger partial charge on any atom is -0.493 e. The van der Waals surface area contributed by atoms with E-state index >= 15 is 0 Å². The number of anilines is 1. The van der Waals surface area contributed by atoms with Gasteiger partial charge >= 0.3 is 0 Å². The third-order valence-electron chi connectivity index (χ3n) is 3.08. The van der Waals surface area contributed by atoms with Crippen LogP contribution in [0.1, 0.15) is 24.0 Å². The predicted molar refractivity (Wildman–Crippen MR) is 59.7 cm³/mol. The van der Waals surface area contributed by atoms with Crippen LogP contribution in [0.15, 0.2) is 4.79 Å². The first-order valence-corrected chi connectivity index (χ1v) is 5.30. The number of carbonyl (C=O) groups excluding carboxylic acids is 1. The van der Waals surface area contributed by atoms with Crippen molar-refractivity contribution in [2.24, 2.45) is 7.05 Å². The molecule has 0 radical (unpaired) electrons. The van der Waals surface area contributed by atoms with Crippen molar-refractivity contribution in [1.82, 2.24) is 4.57 Å². The van der Waals surface area contributed by atoms with E-state index in [-0.39, 0.29) is 11.4 Å².